The highest BCUT2D eigenvalue weighted by molar-refractivity contribution is 6.29. The minimum atomic E-state index is -2.15. The molecule has 0 fully saturated rings. The van der Waals surface area contributed by atoms with Gasteiger partial charge in [0.2, 0.25) is 0 Å². The number of Topliss-reactive ketones (excluding diaryl/α,β-unsaturated/α-hetero) is 2. The molecule has 0 aliphatic heterocycles. The molecule has 0 saturated carbocycles. The second-order valence-corrected chi connectivity index (χ2v) is 6.07. The maximum absolute atomic E-state index is 12.8. The van der Waals surface area contributed by atoms with Gasteiger partial charge in [-0.15, -0.1) is 0 Å². The molecule has 8 heteroatoms. The van der Waals surface area contributed by atoms with E-state index in [0.29, 0.717) is 0 Å². The maximum atomic E-state index is 12.8. The molecular weight excluding hydrogens is 320 g/mol. The zero-order valence-electron chi connectivity index (χ0n) is 12.8. The Morgan fingerprint density at radius 1 is 1.00 bits per heavy atom. The van der Waals surface area contributed by atoms with Gasteiger partial charge >= 0.3 is 0 Å². The van der Waals surface area contributed by atoms with E-state index < -0.39 is 63.7 Å². The highest BCUT2D eigenvalue weighted by Gasteiger charge is 2.56. The Kier molecular flexibility index (Phi) is 3.54. The fourth-order valence-corrected chi connectivity index (χ4v) is 3.27. The molecule has 0 unspecified atom stereocenters. The van der Waals surface area contributed by atoms with E-state index >= 15 is 0 Å². The summed E-state index contributed by atoms with van der Waals surface area (Å²) in [5.74, 6) is -2.85. The number of hydrogen-bond donors (Lipinski definition) is 5. The zero-order chi connectivity index (χ0) is 18.0. The molecule has 5 N–H and O–H groups in total. The van der Waals surface area contributed by atoms with Crippen LogP contribution in [0.25, 0.3) is 0 Å². The van der Waals surface area contributed by atoms with Crippen molar-refractivity contribution >= 4 is 11.6 Å². The van der Waals surface area contributed by atoms with E-state index in [0.717, 1.165) is 19.1 Å². The van der Waals surface area contributed by atoms with E-state index in [1.807, 2.05) is 0 Å². The molecule has 0 aromatic heterocycles. The van der Waals surface area contributed by atoms with Crippen LogP contribution in [0, 0.1) is 0 Å². The van der Waals surface area contributed by atoms with Crippen LogP contribution in [0.4, 0.5) is 0 Å². The molecule has 0 amide bonds. The highest BCUT2D eigenvalue weighted by atomic mass is 16.5. The molecule has 1 aromatic rings. The van der Waals surface area contributed by atoms with Gasteiger partial charge in [0, 0.05) is 18.3 Å². The van der Waals surface area contributed by atoms with E-state index in [2.05, 4.69) is 0 Å². The van der Waals surface area contributed by atoms with Gasteiger partial charge in [-0.2, -0.15) is 0 Å². The van der Waals surface area contributed by atoms with Gasteiger partial charge < -0.3 is 30.3 Å². The third-order valence-electron chi connectivity index (χ3n) is 4.65. The van der Waals surface area contributed by atoms with Crippen LogP contribution < -0.4 is 0 Å². The lowest BCUT2D eigenvalue weighted by atomic mass is 9.68. The van der Waals surface area contributed by atoms with Gasteiger partial charge in [-0.1, -0.05) is 0 Å². The minimum Gasteiger partial charge on any atom is -0.507 e. The van der Waals surface area contributed by atoms with Crippen molar-refractivity contribution in [3.05, 3.63) is 34.4 Å². The van der Waals surface area contributed by atoms with E-state index in [9.17, 15) is 35.1 Å². The molecule has 4 atom stereocenters. The molecule has 3 rings (SSSR count). The normalized spacial score (nSPS) is 32.6. The number of carbonyl (C=O) groups is 2. The lowest BCUT2D eigenvalue weighted by molar-refractivity contribution is -0.164. The summed E-state index contributed by atoms with van der Waals surface area (Å²) in [6.07, 6.45) is -4.95. The van der Waals surface area contributed by atoms with E-state index in [-0.39, 0.29) is 5.57 Å². The highest BCUT2D eigenvalue weighted by Crippen LogP contribution is 2.44. The first-order valence-electron chi connectivity index (χ1n) is 7.14. The van der Waals surface area contributed by atoms with Gasteiger partial charge in [-0.25, -0.2) is 0 Å². The lowest BCUT2D eigenvalue weighted by Crippen LogP contribution is -2.62. The summed E-state index contributed by atoms with van der Waals surface area (Å²) in [4.78, 5) is 25.5. The summed E-state index contributed by atoms with van der Waals surface area (Å²) in [6.45, 7) is 1.10. The smallest absolute Gasteiger partial charge is 0.196 e. The van der Waals surface area contributed by atoms with Crippen LogP contribution in [0.1, 0.15) is 27.6 Å². The summed E-state index contributed by atoms with van der Waals surface area (Å²) in [5.41, 5.74) is -3.85. The number of phenolic OH excluding ortho intramolecular Hbond substituents is 2. The molecule has 2 aliphatic rings. The van der Waals surface area contributed by atoms with Crippen molar-refractivity contribution in [3.8, 4) is 11.5 Å². The Labute approximate surface area is 136 Å². The third kappa shape index (κ3) is 1.88. The molecule has 8 nitrogen and oxygen atoms in total. The van der Waals surface area contributed by atoms with Crippen LogP contribution in [0.15, 0.2) is 23.3 Å². The summed E-state index contributed by atoms with van der Waals surface area (Å²) in [6, 6.07) is 2.10. The van der Waals surface area contributed by atoms with Gasteiger partial charge in [0.15, 0.2) is 11.6 Å². The number of methoxy groups -OCH3 is 1. The number of hydrogen-bond acceptors (Lipinski definition) is 8. The second-order valence-electron chi connectivity index (χ2n) is 6.07. The molecule has 24 heavy (non-hydrogen) atoms. The van der Waals surface area contributed by atoms with Crippen molar-refractivity contribution in [2.75, 3.05) is 7.11 Å². The van der Waals surface area contributed by atoms with Crippen LogP contribution in [0.3, 0.4) is 0 Å². The van der Waals surface area contributed by atoms with Crippen molar-refractivity contribution in [2.24, 2.45) is 0 Å². The standard InChI is InChI=1S/C16H16O8/c1-16(23)14(21)10-9(13(24-2)15(16)22)11(19)7-5(17)3-4-6(18)8(7)12(10)20/h3-4,13-15,17-18,21-23H,1-2H3/t13-,14-,15+,16+/m0/s1. The minimum absolute atomic E-state index is 0.345. The number of rotatable bonds is 1. The molecule has 2 aliphatic carbocycles. The Hall–Kier alpha value is -2.26. The first-order valence-corrected chi connectivity index (χ1v) is 7.14. The second kappa shape index (κ2) is 5.12. The molecule has 0 saturated heterocycles. The monoisotopic (exact) mass is 336 g/mol. The largest absolute Gasteiger partial charge is 0.507 e. The fourth-order valence-electron chi connectivity index (χ4n) is 3.27. The average molecular weight is 336 g/mol. The summed E-state index contributed by atoms with van der Waals surface area (Å²) in [5, 5.41) is 50.8. The zero-order valence-corrected chi connectivity index (χ0v) is 12.8. The number of ketones is 2. The summed E-state index contributed by atoms with van der Waals surface area (Å²) < 4.78 is 5.06. The van der Waals surface area contributed by atoms with Crippen molar-refractivity contribution in [1.29, 1.82) is 0 Å². The lowest BCUT2D eigenvalue weighted by Gasteiger charge is -2.44. The van der Waals surface area contributed by atoms with Gasteiger partial charge in [0.1, 0.15) is 35.4 Å². The van der Waals surface area contributed by atoms with Crippen LogP contribution in [0.5, 0.6) is 11.5 Å². The Morgan fingerprint density at radius 2 is 1.46 bits per heavy atom. The predicted molar refractivity (Wildman–Crippen MR) is 78.9 cm³/mol. The molecule has 0 bridgehead atoms. The van der Waals surface area contributed by atoms with Gasteiger partial charge in [-0.05, 0) is 19.1 Å². The average Bonchev–Trinajstić information content (AvgIpc) is 2.52. The van der Waals surface area contributed by atoms with Crippen molar-refractivity contribution in [1.82, 2.24) is 0 Å². The molecule has 128 valence electrons. The first-order chi connectivity index (χ1) is 11.1. The molecule has 0 spiro atoms. The van der Waals surface area contributed by atoms with Crippen molar-refractivity contribution in [2.45, 2.75) is 30.8 Å². The topological polar surface area (TPSA) is 145 Å². The van der Waals surface area contributed by atoms with Crippen LogP contribution in [-0.2, 0) is 4.74 Å². The fraction of sp³-hybridized carbons (Fsp3) is 0.375. The number of aliphatic hydroxyl groups is 3. The quantitative estimate of drug-likeness (QED) is 0.422. The van der Waals surface area contributed by atoms with Crippen molar-refractivity contribution < 1.29 is 39.9 Å². The predicted octanol–water partition coefficient (Wildman–Crippen LogP) is -0.725. The number of fused-ring (bicyclic) bond motifs is 1. The Balaban J connectivity index is 2.35. The molecule has 0 heterocycles. The number of aliphatic hydroxyl groups excluding tert-OH is 2. The number of phenols is 2. The van der Waals surface area contributed by atoms with E-state index in [1.165, 1.54) is 7.11 Å². The number of carbonyl (C=O) groups excluding carboxylic acids is 2. The van der Waals surface area contributed by atoms with E-state index in [1.54, 1.807) is 0 Å². The third-order valence-corrected chi connectivity index (χ3v) is 4.65. The summed E-state index contributed by atoms with van der Waals surface area (Å²) >= 11 is 0. The van der Waals surface area contributed by atoms with Crippen LogP contribution in [0.2, 0.25) is 0 Å². The SMILES string of the molecule is CO[C@H]1C2=C(C(=O)c3c(O)ccc(O)c3C2=O)[C@H](O)[C@@](C)(O)[C@@H]1O. The van der Waals surface area contributed by atoms with Crippen molar-refractivity contribution in [3.63, 3.8) is 0 Å². The number of benzene rings is 1. The molecular formula is C16H16O8. The maximum Gasteiger partial charge on any atom is 0.196 e. The van der Waals surface area contributed by atoms with Gasteiger partial charge in [0.25, 0.3) is 0 Å². The first kappa shape index (κ1) is 16.6. The van der Waals surface area contributed by atoms with Gasteiger partial charge in [0.05, 0.1) is 11.1 Å². The summed E-state index contributed by atoms with van der Waals surface area (Å²) in [7, 11) is 1.17. The number of aromatic hydroxyl groups is 2. The van der Waals surface area contributed by atoms with E-state index in [4.69, 9.17) is 4.74 Å². The number of ether oxygens (including phenoxy) is 1. The molecule has 1 aromatic carbocycles. The van der Waals surface area contributed by atoms with Crippen LogP contribution >= 0.6 is 0 Å². The van der Waals surface area contributed by atoms with Gasteiger partial charge in [-0.3, -0.25) is 9.59 Å². The molecule has 0 radical (unpaired) electrons. The van der Waals surface area contributed by atoms with Crippen LogP contribution in [-0.4, -0.2) is 68.1 Å². The Bertz CT molecular complexity index is 749. The Morgan fingerprint density at radius 3 is 1.92 bits per heavy atom.